The Bertz CT molecular complexity index is 527. The van der Waals surface area contributed by atoms with E-state index in [1.165, 1.54) is 23.1 Å². The lowest BCUT2D eigenvalue weighted by Gasteiger charge is -2.36. The molecule has 0 bridgehead atoms. The molecule has 3 rings (SSSR count). The first kappa shape index (κ1) is 11.5. The predicted octanol–water partition coefficient (Wildman–Crippen LogP) is 4.65. The van der Waals surface area contributed by atoms with E-state index >= 15 is 0 Å². The molecule has 0 amide bonds. The maximum Gasteiger partial charge on any atom is 0.0120 e. The van der Waals surface area contributed by atoms with Gasteiger partial charge in [-0.1, -0.05) is 68.4 Å². The Morgan fingerprint density at radius 1 is 0.833 bits per heavy atom. The molecule has 0 radical (unpaired) electrons. The summed E-state index contributed by atoms with van der Waals surface area (Å²) >= 11 is 0. The van der Waals surface area contributed by atoms with Crippen molar-refractivity contribution in [1.29, 1.82) is 0 Å². The highest BCUT2D eigenvalue weighted by atomic mass is 14.4. The molecular weight excluding hydrogens is 216 g/mol. The van der Waals surface area contributed by atoms with Crippen LogP contribution in [0.1, 0.15) is 36.5 Å². The Morgan fingerprint density at radius 2 is 1.50 bits per heavy atom. The van der Waals surface area contributed by atoms with Crippen LogP contribution < -0.4 is 0 Å². The summed E-state index contributed by atoms with van der Waals surface area (Å²) < 4.78 is 0. The second-order valence-corrected chi connectivity index (χ2v) is 5.63. The van der Waals surface area contributed by atoms with Gasteiger partial charge in [-0.15, -0.1) is 0 Å². The molecule has 3 atom stereocenters. The maximum atomic E-state index is 2.40. The zero-order valence-corrected chi connectivity index (χ0v) is 11.1. The fourth-order valence-electron chi connectivity index (χ4n) is 3.31. The Labute approximate surface area is 110 Å². The molecule has 0 fully saturated rings. The van der Waals surface area contributed by atoms with E-state index in [0.717, 1.165) is 5.92 Å². The van der Waals surface area contributed by atoms with Crippen LogP contribution >= 0.6 is 0 Å². The Kier molecular flexibility index (Phi) is 2.95. The van der Waals surface area contributed by atoms with Crippen LogP contribution in [-0.4, -0.2) is 0 Å². The van der Waals surface area contributed by atoms with Gasteiger partial charge in [0.2, 0.25) is 0 Å². The highest BCUT2D eigenvalue weighted by Gasteiger charge is 2.31. The van der Waals surface area contributed by atoms with Crippen molar-refractivity contribution in [2.45, 2.75) is 26.2 Å². The van der Waals surface area contributed by atoms with E-state index in [1.54, 1.807) is 0 Å². The molecule has 0 spiro atoms. The topological polar surface area (TPSA) is 0 Å². The van der Waals surface area contributed by atoms with E-state index < -0.39 is 0 Å². The largest absolute Gasteiger partial charge is 0.0622 e. The molecule has 0 aliphatic heterocycles. The SMILES string of the molecule is CC1Cc2ccccc2C(c2ccccc2)C1C. The van der Waals surface area contributed by atoms with Crippen LogP contribution in [0.3, 0.4) is 0 Å². The molecule has 0 N–H and O–H groups in total. The lowest BCUT2D eigenvalue weighted by atomic mass is 9.68. The van der Waals surface area contributed by atoms with Gasteiger partial charge in [0, 0.05) is 5.92 Å². The van der Waals surface area contributed by atoms with E-state index in [4.69, 9.17) is 0 Å². The minimum Gasteiger partial charge on any atom is -0.0622 e. The second kappa shape index (κ2) is 4.61. The van der Waals surface area contributed by atoms with E-state index in [1.807, 2.05) is 0 Å². The normalized spacial score (nSPS) is 26.7. The number of rotatable bonds is 1. The molecule has 0 heteroatoms. The van der Waals surface area contributed by atoms with Gasteiger partial charge in [0.15, 0.2) is 0 Å². The van der Waals surface area contributed by atoms with Crippen molar-refractivity contribution >= 4 is 0 Å². The van der Waals surface area contributed by atoms with Gasteiger partial charge in [0.25, 0.3) is 0 Å². The monoisotopic (exact) mass is 236 g/mol. The number of hydrogen-bond donors (Lipinski definition) is 0. The fraction of sp³-hybridized carbons (Fsp3) is 0.333. The van der Waals surface area contributed by atoms with E-state index in [9.17, 15) is 0 Å². The Hall–Kier alpha value is -1.56. The summed E-state index contributed by atoms with van der Waals surface area (Å²) in [7, 11) is 0. The van der Waals surface area contributed by atoms with Gasteiger partial charge in [-0.3, -0.25) is 0 Å². The van der Waals surface area contributed by atoms with E-state index in [-0.39, 0.29) is 0 Å². The molecule has 18 heavy (non-hydrogen) atoms. The predicted molar refractivity (Wildman–Crippen MR) is 76.8 cm³/mol. The third-order valence-electron chi connectivity index (χ3n) is 4.51. The van der Waals surface area contributed by atoms with Crippen molar-refractivity contribution in [3.8, 4) is 0 Å². The average Bonchev–Trinajstić information content (AvgIpc) is 2.41. The molecule has 2 aromatic rings. The lowest BCUT2D eigenvalue weighted by Crippen LogP contribution is -2.26. The van der Waals surface area contributed by atoms with Crippen LogP contribution in [0, 0.1) is 11.8 Å². The van der Waals surface area contributed by atoms with Gasteiger partial charge in [-0.05, 0) is 34.9 Å². The van der Waals surface area contributed by atoms with Crippen molar-refractivity contribution in [3.63, 3.8) is 0 Å². The van der Waals surface area contributed by atoms with Crippen molar-refractivity contribution in [2.24, 2.45) is 11.8 Å². The molecule has 0 heterocycles. The highest BCUT2D eigenvalue weighted by Crippen LogP contribution is 2.43. The first-order chi connectivity index (χ1) is 8.77. The van der Waals surface area contributed by atoms with Crippen molar-refractivity contribution < 1.29 is 0 Å². The summed E-state index contributed by atoms with van der Waals surface area (Å²) in [6, 6.07) is 19.9. The van der Waals surface area contributed by atoms with Gasteiger partial charge in [-0.2, -0.15) is 0 Å². The first-order valence-electron chi connectivity index (χ1n) is 6.90. The summed E-state index contributed by atoms with van der Waals surface area (Å²) in [5, 5.41) is 0. The summed E-state index contributed by atoms with van der Waals surface area (Å²) in [6.07, 6.45) is 1.22. The summed E-state index contributed by atoms with van der Waals surface area (Å²) in [5.41, 5.74) is 4.54. The molecule has 0 saturated heterocycles. The standard InChI is InChI=1S/C18H20/c1-13-12-16-10-6-7-11-17(16)18(14(13)2)15-8-4-3-5-9-15/h3-11,13-14,18H,12H2,1-2H3. The molecular formula is C18H20. The highest BCUT2D eigenvalue weighted by molar-refractivity contribution is 5.41. The second-order valence-electron chi connectivity index (χ2n) is 5.63. The van der Waals surface area contributed by atoms with Crippen molar-refractivity contribution in [3.05, 3.63) is 71.3 Å². The molecule has 2 aromatic carbocycles. The summed E-state index contributed by atoms with van der Waals surface area (Å²) in [5.74, 6) is 2.03. The Morgan fingerprint density at radius 3 is 2.28 bits per heavy atom. The van der Waals surface area contributed by atoms with Crippen molar-refractivity contribution in [2.75, 3.05) is 0 Å². The van der Waals surface area contributed by atoms with Crippen LogP contribution in [0.4, 0.5) is 0 Å². The Balaban J connectivity index is 2.12. The van der Waals surface area contributed by atoms with Gasteiger partial charge >= 0.3 is 0 Å². The van der Waals surface area contributed by atoms with Crippen LogP contribution in [0.15, 0.2) is 54.6 Å². The zero-order valence-electron chi connectivity index (χ0n) is 11.1. The third-order valence-corrected chi connectivity index (χ3v) is 4.51. The molecule has 0 saturated carbocycles. The van der Waals surface area contributed by atoms with Gasteiger partial charge in [0.1, 0.15) is 0 Å². The van der Waals surface area contributed by atoms with E-state index in [2.05, 4.69) is 68.4 Å². The smallest absolute Gasteiger partial charge is 0.0120 e. The molecule has 92 valence electrons. The maximum absolute atomic E-state index is 2.40. The minimum atomic E-state index is 0.561. The van der Waals surface area contributed by atoms with Crippen LogP contribution in [0.2, 0.25) is 0 Å². The quantitative estimate of drug-likeness (QED) is 0.676. The molecule has 3 unspecified atom stereocenters. The molecule has 1 aliphatic rings. The van der Waals surface area contributed by atoms with Gasteiger partial charge in [-0.25, -0.2) is 0 Å². The molecule has 0 nitrogen and oxygen atoms in total. The summed E-state index contributed by atoms with van der Waals surface area (Å²) in [4.78, 5) is 0. The summed E-state index contributed by atoms with van der Waals surface area (Å²) in [6.45, 7) is 4.79. The third kappa shape index (κ3) is 1.86. The van der Waals surface area contributed by atoms with Crippen LogP contribution in [-0.2, 0) is 6.42 Å². The van der Waals surface area contributed by atoms with Crippen LogP contribution in [0.25, 0.3) is 0 Å². The number of fused-ring (bicyclic) bond motifs is 1. The van der Waals surface area contributed by atoms with Crippen LogP contribution in [0.5, 0.6) is 0 Å². The number of hydrogen-bond acceptors (Lipinski definition) is 0. The number of benzene rings is 2. The van der Waals surface area contributed by atoms with Crippen molar-refractivity contribution in [1.82, 2.24) is 0 Å². The first-order valence-corrected chi connectivity index (χ1v) is 6.90. The molecule has 1 aliphatic carbocycles. The fourth-order valence-corrected chi connectivity index (χ4v) is 3.31. The average molecular weight is 236 g/mol. The zero-order chi connectivity index (χ0) is 12.5. The minimum absolute atomic E-state index is 0.561. The van der Waals surface area contributed by atoms with E-state index in [0.29, 0.717) is 11.8 Å². The molecule has 0 aromatic heterocycles. The lowest BCUT2D eigenvalue weighted by molar-refractivity contribution is 0.326. The van der Waals surface area contributed by atoms with Gasteiger partial charge in [0.05, 0.1) is 0 Å². The van der Waals surface area contributed by atoms with Gasteiger partial charge < -0.3 is 0 Å².